The molecule has 0 saturated carbocycles. The number of tetrazole rings is 1. The Kier molecular flexibility index (Phi) is 3.29. The highest BCUT2D eigenvalue weighted by atomic mass is 16.6. The second-order valence-electron chi connectivity index (χ2n) is 5.51. The second kappa shape index (κ2) is 5.31. The standard InChI is InChI=1S/C14H17N5O3/c1-20-9-4-2-3-8(5-9)14-16-17-18-19(14)11-7-22-12-10(15)6-21-13(11)12/h2-5,10-13H,6-7,15H2,1H3. The van der Waals surface area contributed by atoms with E-state index < -0.39 is 0 Å². The van der Waals surface area contributed by atoms with Gasteiger partial charge in [0.15, 0.2) is 5.82 Å². The van der Waals surface area contributed by atoms with Gasteiger partial charge in [-0.1, -0.05) is 12.1 Å². The summed E-state index contributed by atoms with van der Waals surface area (Å²) < 4.78 is 18.6. The molecule has 0 spiro atoms. The van der Waals surface area contributed by atoms with Crippen molar-refractivity contribution in [3.05, 3.63) is 24.3 Å². The monoisotopic (exact) mass is 303 g/mol. The maximum absolute atomic E-state index is 6.00. The molecule has 8 heteroatoms. The van der Waals surface area contributed by atoms with E-state index in [9.17, 15) is 0 Å². The average molecular weight is 303 g/mol. The van der Waals surface area contributed by atoms with Gasteiger partial charge in [-0.2, -0.15) is 0 Å². The number of nitrogens with two attached hydrogens (primary N) is 1. The largest absolute Gasteiger partial charge is 0.497 e. The number of ether oxygens (including phenoxy) is 3. The molecular formula is C14H17N5O3. The first-order valence-electron chi connectivity index (χ1n) is 7.19. The highest BCUT2D eigenvalue weighted by molar-refractivity contribution is 5.57. The summed E-state index contributed by atoms with van der Waals surface area (Å²) in [6, 6.07) is 7.46. The summed E-state index contributed by atoms with van der Waals surface area (Å²) in [5.41, 5.74) is 6.88. The van der Waals surface area contributed by atoms with Crippen molar-refractivity contribution in [2.45, 2.75) is 24.3 Å². The van der Waals surface area contributed by atoms with Crippen molar-refractivity contribution in [3.63, 3.8) is 0 Å². The van der Waals surface area contributed by atoms with Crippen LogP contribution in [0.5, 0.6) is 5.75 Å². The van der Waals surface area contributed by atoms with Crippen LogP contribution in [0.1, 0.15) is 6.04 Å². The number of hydrogen-bond acceptors (Lipinski definition) is 7. The molecule has 0 bridgehead atoms. The molecule has 2 fully saturated rings. The van der Waals surface area contributed by atoms with Gasteiger partial charge in [0, 0.05) is 5.56 Å². The van der Waals surface area contributed by atoms with Gasteiger partial charge >= 0.3 is 0 Å². The quantitative estimate of drug-likeness (QED) is 0.853. The van der Waals surface area contributed by atoms with Gasteiger partial charge in [-0.3, -0.25) is 0 Å². The third-order valence-electron chi connectivity index (χ3n) is 4.20. The summed E-state index contributed by atoms with van der Waals surface area (Å²) in [6.45, 7) is 0.994. The molecular weight excluding hydrogens is 286 g/mol. The van der Waals surface area contributed by atoms with Crippen molar-refractivity contribution in [1.29, 1.82) is 0 Å². The second-order valence-corrected chi connectivity index (χ2v) is 5.51. The van der Waals surface area contributed by atoms with Gasteiger partial charge in [-0.25, -0.2) is 4.68 Å². The highest BCUT2D eigenvalue weighted by Crippen LogP contribution is 2.35. The van der Waals surface area contributed by atoms with E-state index in [1.807, 2.05) is 24.3 Å². The van der Waals surface area contributed by atoms with Crippen LogP contribution >= 0.6 is 0 Å². The normalized spacial score (nSPS) is 30.5. The van der Waals surface area contributed by atoms with Gasteiger partial charge in [0.2, 0.25) is 0 Å². The van der Waals surface area contributed by atoms with E-state index in [1.165, 1.54) is 0 Å². The van der Waals surface area contributed by atoms with E-state index in [4.69, 9.17) is 19.9 Å². The molecule has 22 heavy (non-hydrogen) atoms. The van der Waals surface area contributed by atoms with Gasteiger partial charge < -0.3 is 19.9 Å². The Hall–Kier alpha value is -2.03. The van der Waals surface area contributed by atoms with Crippen LogP contribution in [0, 0.1) is 0 Å². The van der Waals surface area contributed by atoms with E-state index in [0.717, 1.165) is 11.3 Å². The van der Waals surface area contributed by atoms with Crippen LogP contribution in [0.2, 0.25) is 0 Å². The SMILES string of the molecule is COc1cccc(-c2nnnn2C2COC3C(N)COC32)c1. The number of aromatic nitrogens is 4. The zero-order chi connectivity index (χ0) is 15.1. The smallest absolute Gasteiger partial charge is 0.182 e. The van der Waals surface area contributed by atoms with Crippen LogP contribution in [-0.4, -0.2) is 58.8 Å². The molecule has 0 aliphatic carbocycles. The maximum atomic E-state index is 6.00. The molecule has 2 aromatic rings. The first-order valence-corrected chi connectivity index (χ1v) is 7.19. The fraction of sp³-hybridized carbons (Fsp3) is 0.500. The number of benzene rings is 1. The number of nitrogens with zero attached hydrogens (tertiary/aromatic N) is 4. The lowest BCUT2D eigenvalue weighted by atomic mass is 10.1. The fourth-order valence-corrected chi connectivity index (χ4v) is 3.09. The van der Waals surface area contributed by atoms with Crippen molar-refractivity contribution in [2.24, 2.45) is 5.73 Å². The molecule has 1 aromatic carbocycles. The van der Waals surface area contributed by atoms with Crippen LogP contribution in [0.3, 0.4) is 0 Å². The van der Waals surface area contributed by atoms with Crippen molar-refractivity contribution in [2.75, 3.05) is 20.3 Å². The van der Waals surface area contributed by atoms with E-state index in [2.05, 4.69) is 15.5 Å². The van der Waals surface area contributed by atoms with Gasteiger partial charge in [0.25, 0.3) is 0 Å². The Morgan fingerprint density at radius 1 is 1.27 bits per heavy atom. The van der Waals surface area contributed by atoms with Gasteiger partial charge in [-0.05, 0) is 22.6 Å². The van der Waals surface area contributed by atoms with Crippen molar-refractivity contribution < 1.29 is 14.2 Å². The van der Waals surface area contributed by atoms with Crippen molar-refractivity contribution >= 4 is 0 Å². The third kappa shape index (κ3) is 2.07. The van der Waals surface area contributed by atoms with Crippen LogP contribution in [0.15, 0.2) is 24.3 Å². The number of fused-ring (bicyclic) bond motifs is 1. The van der Waals surface area contributed by atoms with Gasteiger partial charge in [0.05, 0.1) is 26.4 Å². The van der Waals surface area contributed by atoms with E-state index >= 15 is 0 Å². The minimum Gasteiger partial charge on any atom is -0.497 e. The molecule has 0 radical (unpaired) electrons. The fourth-order valence-electron chi connectivity index (χ4n) is 3.09. The molecule has 8 nitrogen and oxygen atoms in total. The van der Waals surface area contributed by atoms with Gasteiger partial charge in [-0.15, -0.1) is 5.10 Å². The Morgan fingerprint density at radius 3 is 3.00 bits per heavy atom. The lowest BCUT2D eigenvalue weighted by molar-refractivity contribution is 0.0629. The van der Waals surface area contributed by atoms with E-state index in [-0.39, 0.29) is 24.3 Å². The topological polar surface area (TPSA) is 97.3 Å². The lowest BCUT2D eigenvalue weighted by Crippen LogP contribution is -2.36. The van der Waals surface area contributed by atoms with Crippen molar-refractivity contribution in [1.82, 2.24) is 20.2 Å². The summed E-state index contributed by atoms with van der Waals surface area (Å²) in [5.74, 6) is 1.42. The molecule has 4 atom stereocenters. The molecule has 4 rings (SSSR count). The first-order chi connectivity index (χ1) is 10.8. The number of methoxy groups -OCH3 is 1. The number of rotatable bonds is 3. The Bertz CT molecular complexity index is 676. The minimum absolute atomic E-state index is 0.0743. The Balaban J connectivity index is 1.68. The summed E-state index contributed by atoms with van der Waals surface area (Å²) in [4.78, 5) is 0. The van der Waals surface area contributed by atoms with Crippen LogP contribution in [0.25, 0.3) is 11.4 Å². The summed E-state index contributed by atoms with van der Waals surface area (Å²) in [6.07, 6.45) is -0.199. The predicted octanol–water partition coefficient (Wildman–Crippen LogP) is 0.0147. The van der Waals surface area contributed by atoms with Crippen LogP contribution in [-0.2, 0) is 9.47 Å². The predicted molar refractivity (Wildman–Crippen MR) is 76.3 cm³/mol. The summed E-state index contributed by atoms with van der Waals surface area (Å²) in [7, 11) is 1.63. The van der Waals surface area contributed by atoms with Crippen LogP contribution in [0.4, 0.5) is 0 Å². The molecule has 2 N–H and O–H groups in total. The lowest BCUT2D eigenvalue weighted by Gasteiger charge is -2.17. The highest BCUT2D eigenvalue weighted by Gasteiger charge is 2.48. The average Bonchev–Trinajstić information content (AvgIpc) is 3.25. The Labute approximate surface area is 127 Å². The summed E-state index contributed by atoms with van der Waals surface area (Å²) >= 11 is 0. The van der Waals surface area contributed by atoms with Gasteiger partial charge in [0.1, 0.15) is 24.0 Å². The summed E-state index contributed by atoms with van der Waals surface area (Å²) in [5, 5.41) is 12.1. The van der Waals surface area contributed by atoms with Crippen LogP contribution < -0.4 is 10.5 Å². The van der Waals surface area contributed by atoms with Crippen molar-refractivity contribution in [3.8, 4) is 17.1 Å². The zero-order valence-corrected chi connectivity index (χ0v) is 12.1. The molecule has 116 valence electrons. The number of hydrogen-bond donors (Lipinski definition) is 1. The molecule has 1 aromatic heterocycles. The molecule has 3 heterocycles. The molecule has 2 aliphatic heterocycles. The zero-order valence-electron chi connectivity index (χ0n) is 12.1. The first kappa shape index (κ1) is 13.6. The Morgan fingerprint density at radius 2 is 2.14 bits per heavy atom. The third-order valence-corrected chi connectivity index (χ3v) is 4.20. The van der Waals surface area contributed by atoms with E-state index in [0.29, 0.717) is 19.0 Å². The minimum atomic E-state index is -0.108. The van der Waals surface area contributed by atoms with E-state index in [1.54, 1.807) is 11.8 Å². The maximum Gasteiger partial charge on any atom is 0.182 e. The molecule has 2 saturated heterocycles. The molecule has 4 unspecified atom stereocenters. The molecule has 0 amide bonds. The molecule has 2 aliphatic rings.